The molecule has 0 spiro atoms. The lowest BCUT2D eigenvalue weighted by Gasteiger charge is -2.51. The van der Waals surface area contributed by atoms with Gasteiger partial charge in [-0.2, -0.15) is 0 Å². The van der Waals surface area contributed by atoms with Gasteiger partial charge in [0.25, 0.3) is 5.91 Å². The van der Waals surface area contributed by atoms with E-state index in [0.717, 1.165) is 34.4 Å². The van der Waals surface area contributed by atoms with Gasteiger partial charge in [-0.1, -0.05) is 42.5 Å². The number of morpholine rings is 1. The molecule has 1 unspecified atom stereocenters. The number of fused-ring (bicyclic) bond motifs is 6. The Morgan fingerprint density at radius 1 is 1.07 bits per heavy atom. The van der Waals surface area contributed by atoms with Crippen molar-refractivity contribution in [2.24, 2.45) is 0 Å². The fraction of sp³-hybridized carbons (Fsp3) is 0.258. The largest absolute Gasteiger partial charge is 0.510 e. The molecule has 0 radical (unpaired) electrons. The fourth-order valence-corrected chi connectivity index (χ4v) is 7.37. The number of aromatic nitrogens is 1. The third-order valence-corrected chi connectivity index (χ3v) is 9.24. The van der Waals surface area contributed by atoms with Crippen LogP contribution in [-0.4, -0.2) is 61.5 Å². The highest BCUT2D eigenvalue weighted by molar-refractivity contribution is 7.98. The molecule has 0 aliphatic carbocycles. The van der Waals surface area contributed by atoms with Crippen molar-refractivity contribution < 1.29 is 37.3 Å². The van der Waals surface area contributed by atoms with Crippen molar-refractivity contribution >= 4 is 34.6 Å². The minimum atomic E-state index is -1.03. The standard InChI is InChI=1S/C31H25F2N3O7S/c1-40-31(39)43-16-42-28-23(37)10-11-35-27(28)30(38)34-12-13-41-14-24(34)36(35)26-19-8-9-22(32)25(33)21(19)15-44-29-18-5-3-2-4-17(18)6-7-20(26)29/h2-11,24,26H,12-16H2,1H3/t24-,26?/m1/s1. The molecule has 0 saturated carbocycles. The second-order valence-corrected chi connectivity index (χ2v) is 11.3. The van der Waals surface area contributed by atoms with Crippen LogP contribution >= 0.6 is 11.8 Å². The van der Waals surface area contributed by atoms with E-state index in [2.05, 4.69) is 4.74 Å². The van der Waals surface area contributed by atoms with Crippen LogP contribution in [-0.2, 0) is 20.0 Å². The van der Waals surface area contributed by atoms with Crippen molar-refractivity contribution in [2.45, 2.75) is 22.9 Å². The Hall–Kier alpha value is -4.62. The summed E-state index contributed by atoms with van der Waals surface area (Å²) in [5, 5.41) is 3.78. The minimum Gasteiger partial charge on any atom is -0.451 e. The molecular weight excluding hydrogens is 596 g/mol. The smallest absolute Gasteiger partial charge is 0.451 e. The maximum absolute atomic E-state index is 15.6. The first-order chi connectivity index (χ1) is 21.4. The van der Waals surface area contributed by atoms with Crippen LogP contribution in [0.25, 0.3) is 10.8 Å². The van der Waals surface area contributed by atoms with E-state index in [0.29, 0.717) is 5.56 Å². The van der Waals surface area contributed by atoms with Gasteiger partial charge in [-0.05, 0) is 28.0 Å². The van der Waals surface area contributed by atoms with Gasteiger partial charge >= 0.3 is 6.16 Å². The minimum absolute atomic E-state index is 0.104. The Morgan fingerprint density at radius 2 is 1.89 bits per heavy atom. The first-order valence-electron chi connectivity index (χ1n) is 13.8. The Labute approximate surface area is 253 Å². The molecule has 4 aromatic rings. The number of hydrogen-bond acceptors (Lipinski definition) is 9. The van der Waals surface area contributed by atoms with E-state index in [9.17, 15) is 18.8 Å². The number of rotatable bonds is 4. The molecule has 44 heavy (non-hydrogen) atoms. The van der Waals surface area contributed by atoms with E-state index >= 15 is 4.39 Å². The summed E-state index contributed by atoms with van der Waals surface area (Å²) in [6, 6.07) is 14.9. The van der Waals surface area contributed by atoms with Crippen LogP contribution in [0.5, 0.6) is 5.75 Å². The molecule has 3 aliphatic heterocycles. The van der Waals surface area contributed by atoms with Gasteiger partial charge in [-0.25, -0.2) is 13.6 Å². The number of pyridine rings is 1. The lowest BCUT2D eigenvalue weighted by molar-refractivity contribution is -0.0209. The van der Waals surface area contributed by atoms with Crippen LogP contribution in [0.2, 0.25) is 0 Å². The maximum Gasteiger partial charge on any atom is 0.510 e. The summed E-state index contributed by atoms with van der Waals surface area (Å²) in [6.07, 6.45) is -0.256. The topological polar surface area (TPSA) is 99.5 Å². The molecule has 0 N–H and O–H groups in total. The first kappa shape index (κ1) is 28.2. The van der Waals surface area contributed by atoms with Gasteiger partial charge in [0.1, 0.15) is 6.17 Å². The summed E-state index contributed by atoms with van der Waals surface area (Å²) < 4.78 is 52.5. The first-order valence-corrected chi connectivity index (χ1v) is 14.8. The lowest BCUT2D eigenvalue weighted by Crippen LogP contribution is -2.66. The molecule has 1 amide bonds. The highest BCUT2D eigenvalue weighted by Gasteiger charge is 2.46. The number of carbonyl (C=O) groups excluding carboxylic acids is 2. The van der Waals surface area contributed by atoms with E-state index in [1.54, 1.807) is 11.0 Å². The molecular formula is C31H25F2N3O7S. The molecule has 10 nitrogen and oxygen atoms in total. The molecule has 4 heterocycles. The van der Waals surface area contributed by atoms with Crippen molar-refractivity contribution in [3.8, 4) is 5.75 Å². The Morgan fingerprint density at radius 3 is 2.73 bits per heavy atom. The van der Waals surface area contributed by atoms with Crippen molar-refractivity contribution in [3.63, 3.8) is 0 Å². The molecule has 2 atom stereocenters. The number of ether oxygens (including phenoxy) is 4. The van der Waals surface area contributed by atoms with Gasteiger partial charge in [0.2, 0.25) is 18.0 Å². The monoisotopic (exact) mass is 621 g/mol. The van der Waals surface area contributed by atoms with E-state index < -0.39 is 48.1 Å². The molecule has 7 rings (SSSR count). The molecule has 1 aromatic heterocycles. The average Bonchev–Trinajstić information content (AvgIpc) is 3.21. The van der Waals surface area contributed by atoms with Crippen LogP contribution in [0.4, 0.5) is 13.6 Å². The lowest BCUT2D eigenvalue weighted by atomic mass is 9.91. The molecule has 0 bridgehead atoms. The zero-order chi connectivity index (χ0) is 30.5. The number of halogens is 2. The number of hydrogen-bond donors (Lipinski definition) is 0. The van der Waals surface area contributed by atoms with Crippen LogP contribution in [0.1, 0.15) is 33.2 Å². The number of nitrogens with zero attached hydrogens (tertiary/aromatic N) is 3. The van der Waals surface area contributed by atoms with Crippen LogP contribution in [0.3, 0.4) is 0 Å². The van der Waals surface area contributed by atoms with Gasteiger partial charge in [0.05, 0.1) is 26.4 Å². The fourth-order valence-electron chi connectivity index (χ4n) is 6.10. The van der Waals surface area contributed by atoms with E-state index in [4.69, 9.17) is 14.2 Å². The van der Waals surface area contributed by atoms with Gasteiger partial charge in [-0.15, -0.1) is 11.8 Å². The van der Waals surface area contributed by atoms with Crippen LogP contribution in [0.15, 0.2) is 70.5 Å². The van der Waals surface area contributed by atoms with Gasteiger partial charge in [0, 0.05) is 35.0 Å². The van der Waals surface area contributed by atoms with E-state index in [1.165, 1.54) is 28.7 Å². The molecule has 1 fully saturated rings. The summed E-state index contributed by atoms with van der Waals surface area (Å²) in [6.45, 7) is -0.101. The van der Waals surface area contributed by atoms with E-state index in [1.807, 2.05) is 41.4 Å². The zero-order valence-electron chi connectivity index (χ0n) is 23.3. The van der Waals surface area contributed by atoms with Gasteiger partial charge < -0.3 is 23.8 Å². The van der Waals surface area contributed by atoms with Gasteiger partial charge in [0.15, 0.2) is 17.3 Å². The van der Waals surface area contributed by atoms with Crippen molar-refractivity contribution in [2.75, 3.05) is 38.7 Å². The van der Waals surface area contributed by atoms with E-state index in [-0.39, 0.29) is 42.5 Å². The second kappa shape index (κ2) is 11.1. The third kappa shape index (κ3) is 4.46. The third-order valence-electron chi connectivity index (χ3n) is 8.06. The summed E-state index contributed by atoms with van der Waals surface area (Å²) in [5.74, 6) is -2.55. The number of amides is 1. The Bertz CT molecular complexity index is 1880. The molecule has 13 heteroatoms. The zero-order valence-corrected chi connectivity index (χ0v) is 24.1. The molecule has 1 saturated heterocycles. The summed E-state index contributed by atoms with van der Waals surface area (Å²) in [4.78, 5) is 41.1. The van der Waals surface area contributed by atoms with Crippen molar-refractivity contribution in [3.05, 3.63) is 105 Å². The Kier molecular flexibility index (Phi) is 7.13. The Balaban J connectivity index is 1.48. The highest BCUT2D eigenvalue weighted by Crippen LogP contribution is 2.47. The maximum atomic E-state index is 15.6. The average molecular weight is 622 g/mol. The normalized spacial score (nSPS) is 18.9. The number of thioether (sulfide) groups is 1. The van der Waals surface area contributed by atoms with Crippen LogP contribution < -0.4 is 15.2 Å². The highest BCUT2D eigenvalue weighted by atomic mass is 32.2. The number of benzene rings is 3. The summed E-state index contributed by atoms with van der Waals surface area (Å²) in [7, 11) is 1.13. The van der Waals surface area contributed by atoms with Gasteiger partial charge in [-0.3, -0.25) is 19.3 Å². The number of methoxy groups -OCH3 is 1. The molecule has 226 valence electrons. The van der Waals surface area contributed by atoms with Crippen LogP contribution in [0, 0.1) is 11.6 Å². The van der Waals surface area contributed by atoms with Crippen molar-refractivity contribution in [1.29, 1.82) is 0 Å². The van der Waals surface area contributed by atoms with Crippen molar-refractivity contribution in [1.82, 2.24) is 9.58 Å². The number of carbonyl (C=O) groups is 2. The molecule has 3 aliphatic rings. The molecule has 3 aromatic carbocycles. The SMILES string of the molecule is COC(=O)OCOc1c2n(ccc1=O)N(C1c3ccc(F)c(F)c3CSc3c1ccc1ccccc31)[C@@H]1COCCN1C2=O. The second-order valence-electron chi connectivity index (χ2n) is 10.3. The summed E-state index contributed by atoms with van der Waals surface area (Å²) in [5.41, 5.74) is 0.797. The predicted molar refractivity (Wildman–Crippen MR) is 155 cm³/mol. The summed E-state index contributed by atoms with van der Waals surface area (Å²) >= 11 is 1.42. The quantitative estimate of drug-likeness (QED) is 0.240. The predicted octanol–water partition coefficient (Wildman–Crippen LogP) is 4.54.